The maximum absolute atomic E-state index is 12.4. The van der Waals surface area contributed by atoms with Gasteiger partial charge in [0.15, 0.2) is 23.9 Å². The molecule has 0 aliphatic carbocycles. The first-order valence-electron chi connectivity index (χ1n) is 9.29. The van der Waals surface area contributed by atoms with Crippen LogP contribution in [0.25, 0.3) is 0 Å². The average molecular weight is 400 g/mol. The molecule has 1 aromatic heterocycles. The normalized spacial score (nSPS) is 12.2. The number of esters is 1. The van der Waals surface area contributed by atoms with Crippen LogP contribution in [0.1, 0.15) is 58.9 Å². The highest BCUT2D eigenvalue weighted by Gasteiger charge is 2.22. The molecule has 1 N–H and O–H groups in total. The molecule has 2 heterocycles. The van der Waals surface area contributed by atoms with Crippen molar-refractivity contribution in [3.05, 3.63) is 40.7 Å². The van der Waals surface area contributed by atoms with Crippen molar-refractivity contribution >= 4 is 23.3 Å². The third kappa shape index (κ3) is 4.11. The number of aromatic nitrogens is 1. The number of nitrogens with zero attached hydrogens (tertiary/aromatic N) is 1. The van der Waals surface area contributed by atoms with Crippen molar-refractivity contribution in [2.45, 2.75) is 40.7 Å². The number of ketones is 1. The van der Waals surface area contributed by atoms with Crippen LogP contribution in [0.2, 0.25) is 0 Å². The number of ether oxygens (including phenoxy) is 3. The lowest BCUT2D eigenvalue weighted by molar-refractivity contribution is -0.119. The summed E-state index contributed by atoms with van der Waals surface area (Å²) in [5.74, 6) is -0.490. The van der Waals surface area contributed by atoms with Gasteiger partial charge in [0.05, 0.1) is 11.3 Å². The van der Waals surface area contributed by atoms with E-state index in [9.17, 15) is 14.4 Å². The fourth-order valence-electron chi connectivity index (χ4n) is 3.51. The summed E-state index contributed by atoms with van der Waals surface area (Å²) in [5.41, 5.74) is 2.73. The van der Waals surface area contributed by atoms with E-state index in [0.29, 0.717) is 17.1 Å². The fraction of sp³-hybridized carbons (Fsp3) is 0.381. The molecule has 0 fully saturated rings. The van der Waals surface area contributed by atoms with Gasteiger partial charge in [-0.3, -0.25) is 9.59 Å². The summed E-state index contributed by atoms with van der Waals surface area (Å²) in [6, 6.07) is 5.00. The van der Waals surface area contributed by atoms with Gasteiger partial charge in [0, 0.05) is 29.1 Å². The third-order valence-corrected chi connectivity index (χ3v) is 4.72. The minimum Gasteiger partial charge on any atom is -0.454 e. The number of aryl methyl sites for hydroxylation is 1. The maximum Gasteiger partial charge on any atom is 0.340 e. The Morgan fingerprint density at radius 1 is 1.10 bits per heavy atom. The van der Waals surface area contributed by atoms with Crippen LogP contribution in [-0.4, -0.2) is 35.6 Å². The number of hydrogen-bond donors (Lipinski definition) is 1. The largest absolute Gasteiger partial charge is 0.454 e. The second kappa shape index (κ2) is 7.98. The fourth-order valence-corrected chi connectivity index (χ4v) is 3.51. The zero-order valence-electron chi connectivity index (χ0n) is 17.1. The van der Waals surface area contributed by atoms with Crippen molar-refractivity contribution in [3.63, 3.8) is 0 Å². The molecule has 0 saturated carbocycles. The van der Waals surface area contributed by atoms with Crippen molar-refractivity contribution in [2.75, 3.05) is 18.7 Å². The van der Waals surface area contributed by atoms with E-state index in [-0.39, 0.29) is 29.9 Å². The van der Waals surface area contributed by atoms with Crippen molar-refractivity contribution in [3.8, 4) is 11.5 Å². The standard InChI is InChI=1S/C21H24N2O6/c1-11(2)23-12(3)6-15(13(23)4)21(26)27-9-20(25)22-17-8-19-18(28-10-29-19)7-16(17)14(5)24/h6-8,11H,9-10H2,1-5H3,(H,22,25). The molecule has 1 aliphatic heterocycles. The molecule has 1 aliphatic rings. The monoisotopic (exact) mass is 400 g/mol. The Morgan fingerprint density at radius 3 is 2.34 bits per heavy atom. The highest BCUT2D eigenvalue weighted by Crippen LogP contribution is 2.37. The lowest BCUT2D eigenvalue weighted by Crippen LogP contribution is -2.22. The van der Waals surface area contributed by atoms with Gasteiger partial charge in [0.2, 0.25) is 6.79 Å². The molecular formula is C21H24N2O6. The molecule has 0 radical (unpaired) electrons. The summed E-state index contributed by atoms with van der Waals surface area (Å²) in [5, 5.41) is 2.60. The molecule has 1 aromatic carbocycles. The molecule has 29 heavy (non-hydrogen) atoms. The summed E-state index contributed by atoms with van der Waals surface area (Å²) < 4.78 is 17.8. The number of carbonyl (C=O) groups excluding carboxylic acids is 3. The summed E-state index contributed by atoms with van der Waals surface area (Å²) in [7, 11) is 0. The average Bonchev–Trinajstić information content (AvgIpc) is 3.22. The zero-order chi connectivity index (χ0) is 21.3. The molecule has 3 rings (SSSR count). The van der Waals surface area contributed by atoms with E-state index in [4.69, 9.17) is 14.2 Å². The smallest absolute Gasteiger partial charge is 0.340 e. The molecule has 0 unspecified atom stereocenters. The van der Waals surface area contributed by atoms with Gasteiger partial charge in [-0.2, -0.15) is 0 Å². The highest BCUT2D eigenvalue weighted by molar-refractivity contribution is 6.05. The predicted molar refractivity (Wildman–Crippen MR) is 106 cm³/mol. The zero-order valence-corrected chi connectivity index (χ0v) is 17.1. The number of amides is 1. The van der Waals surface area contributed by atoms with Crippen LogP contribution in [0.3, 0.4) is 0 Å². The van der Waals surface area contributed by atoms with Gasteiger partial charge >= 0.3 is 5.97 Å². The second-order valence-electron chi connectivity index (χ2n) is 7.18. The van der Waals surface area contributed by atoms with Gasteiger partial charge in [-0.25, -0.2) is 4.79 Å². The molecule has 0 saturated heterocycles. The number of nitrogens with one attached hydrogen (secondary N) is 1. The van der Waals surface area contributed by atoms with Crippen molar-refractivity contribution in [2.24, 2.45) is 0 Å². The maximum atomic E-state index is 12.4. The van der Waals surface area contributed by atoms with Crippen molar-refractivity contribution in [1.29, 1.82) is 0 Å². The number of benzene rings is 1. The number of carbonyl (C=O) groups is 3. The Hall–Kier alpha value is -3.29. The van der Waals surface area contributed by atoms with E-state index < -0.39 is 18.5 Å². The molecule has 2 aromatic rings. The van der Waals surface area contributed by atoms with E-state index in [1.165, 1.54) is 19.1 Å². The van der Waals surface area contributed by atoms with Crippen LogP contribution in [0, 0.1) is 13.8 Å². The van der Waals surface area contributed by atoms with Crippen LogP contribution in [0.15, 0.2) is 18.2 Å². The Bertz CT molecular complexity index is 990. The number of fused-ring (bicyclic) bond motifs is 1. The van der Waals surface area contributed by atoms with Gasteiger partial charge in [-0.05, 0) is 46.8 Å². The van der Waals surface area contributed by atoms with E-state index in [1.807, 2.05) is 32.3 Å². The third-order valence-electron chi connectivity index (χ3n) is 4.72. The number of rotatable bonds is 6. The van der Waals surface area contributed by atoms with Gasteiger partial charge < -0.3 is 24.1 Å². The summed E-state index contributed by atoms with van der Waals surface area (Å²) >= 11 is 0. The molecule has 8 heteroatoms. The first-order valence-corrected chi connectivity index (χ1v) is 9.29. The van der Waals surface area contributed by atoms with Gasteiger partial charge in [-0.15, -0.1) is 0 Å². The lowest BCUT2D eigenvalue weighted by atomic mass is 10.1. The minimum absolute atomic E-state index is 0.0521. The number of hydrogen-bond acceptors (Lipinski definition) is 6. The second-order valence-corrected chi connectivity index (χ2v) is 7.18. The minimum atomic E-state index is -0.572. The molecular weight excluding hydrogens is 376 g/mol. The molecule has 0 bridgehead atoms. The number of Topliss-reactive ketones (excluding diaryl/α,β-unsaturated/α-hetero) is 1. The van der Waals surface area contributed by atoms with E-state index in [1.54, 1.807) is 6.07 Å². The SMILES string of the molecule is CC(=O)c1cc2c(cc1NC(=O)COC(=O)c1cc(C)n(C(C)C)c1C)OCO2. The Kier molecular flexibility index (Phi) is 5.63. The Balaban J connectivity index is 1.69. The van der Waals surface area contributed by atoms with E-state index in [2.05, 4.69) is 5.32 Å². The van der Waals surface area contributed by atoms with Crippen LogP contribution < -0.4 is 14.8 Å². The summed E-state index contributed by atoms with van der Waals surface area (Å²) in [6.45, 7) is 8.78. The Morgan fingerprint density at radius 2 is 1.76 bits per heavy atom. The first-order chi connectivity index (χ1) is 13.7. The van der Waals surface area contributed by atoms with Crippen LogP contribution in [-0.2, 0) is 9.53 Å². The van der Waals surface area contributed by atoms with Crippen LogP contribution >= 0.6 is 0 Å². The lowest BCUT2D eigenvalue weighted by Gasteiger charge is -2.13. The molecule has 154 valence electrons. The van der Waals surface area contributed by atoms with Gasteiger partial charge in [0.1, 0.15) is 0 Å². The van der Waals surface area contributed by atoms with Crippen molar-refractivity contribution < 1.29 is 28.6 Å². The van der Waals surface area contributed by atoms with Gasteiger partial charge in [-0.1, -0.05) is 0 Å². The van der Waals surface area contributed by atoms with E-state index >= 15 is 0 Å². The summed E-state index contributed by atoms with van der Waals surface area (Å²) in [6.07, 6.45) is 0. The predicted octanol–water partition coefficient (Wildman–Crippen LogP) is 3.41. The van der Waals surface area contributed by atoms with Crippen LogP contribution in [0.4, 0.5) is 5.69 Å². The molecule has 0 atom stereocenters. The first kappa shape index (κ1) is 20.4. The van der Waals surface area contributed by atoms with Crippen LogP contribution in [0.5, 0.6) is 11.5 Å². The topological polar surface area (TPSA) is 95.9 Å². The summed E-state index contributed by atoms with van der Waals surface area (Å²) in [4.78, 5) is 36.6. The quantitative estimate of drug-likeness (QED) is 0.590. The highest BCUT2D eigenvalue weighted by atomic mass is 16.7. The molecule has 0 spiro atoms. The van der Waals surface area contributed by atoms with Gasteiger partial charge in [0.25, 0.3) is 5.91 Å². The van der Waals surface area contributed by atoms with E-state index in [0.717, 1.165) is 11.4 Å². The molecule has 1 amide bonds. The Labute approximate surface area is 168 Å². The molecule has 8 nitrogen and oxygen atoms in total. The number of anilines is 1. The van der Waals surface area contributed by atoms with Crippen molar-refractivity contribution in [1.82, 2.24) is 4.57 Å².